The van der Waals surface area contributed by atoms with Crippen molar-refractivity contribution in [2.24, 2.45) is 0 Å². The Kier molecular flexibility index (Phi) is 12.9. The van der Waals surface area contributed by atoms with Crippen molar-refractivity contribution in [3.05, 3.63) is 121 Å². The van der Waals surface area contributed by atoms with Crippen molar-refractivity contribution < 1.29 is 25.5 Å². The van der Waals surface area contributed by atoms with Crippen molar-refractivity contribution in [3.8, 4) is 23.0 Å². The van der Waals surface area contributed by atoms with Crippen LogP contribution in [0.3, 0.4) is 0 Å². The van der Waals surface area contributed by atoms with Gasteiger partial charge >= 0.3 is 0 Å². The van der Waals surface area contributed by atoms with Crippen molar-refractivity contribution in [1.82, 2.24) is 0 Å². The highest BCUT2D eigenvalue weighted by Gasteiger charge is 1.95. The molecule has 0 radical (unpaired) electrons. The minimum atomic E-state index is 0.0809. The molecule has 0 aromatic heterocycles. The van der Waals surface area contributed by atoms with Crippen molar-refractivity contribution in [1.29, 1.82) is 0 Å². The van der Waals surface area contributed by atoms with Gasteiger partial charge in [-0.3, -0.25) is 0 Å². The molecule has 0 amide bonds. The molecule has 162 valence electrons. The Hall–Kier alpha value is -3.96. The second-order valence-corrected chi connectivity index (χ2v) is 6.11. The number of aliphatic hydroxyl groups excluding tert-OH is 1. The summed E-state index contributed by atoms with van der Waals surface area (Å²) >= 11 is 0. The van der Waals surface area contributed by atoms with Crippen LogP contribution in [0.25, 0.3) is 0 Å². The molecule has 0 bridgehead atoms. The van der Waals surface area contributed by atoms with Crippen LogP contribution in [-0.4, -0.2) is 32.1 Å². The minimum Gasteiger partial charge on any atom is -0.508 e. The van der Waals surface area contributed by atoms with E-state index < -0.39 is 0 Å². The summed E-state index contributed by atoms with van der Waals surface area (Å²) in [6.45, 7) is 0.0809. The Bertz CT molecular complexity index is 840. The van der Waals surface area contributed by atoms with Gasteiger partial charge in [0.1, 0.15) is 23.0 Å². The molecule has 0 fully saturated rings. The molecular formula is C26H28O5. The molecule has 0 unspecified atom stereocenters. The van der Waals surface area contributed by atoms with Crippen LogP contribution >= 0.6 is 0 Å². The van der Waals surface area contributed by atoms with E-state index in [9.17, 15) is 0 Å². The van der Waals surface area contributed by atoms with E-state index in [1.165, 1.54) is 0 Å². The standard InChI is InChI=1S/C8H10O2.3C6H6O/c9-6-5-7-3-1-2-4-8(7)10;3*7-6-4-2-1-3-5-6/h1-4,9-10H,5-6H2;3*1-5,7H. The minimum absolute atomic E-state index is 0.0809. The summed E-state index contributed by atoms with van der Waals surface area (Å²) in [5, 5.41) is 43.6. The smallest absolute Gasteiger partial charge is 0.118 e. The third-order valence-electron chi connectivity index (χ3n) is 3.64. The Morgan fingerprint density at radius 2 is 0.742 bits per heavy atom. The van der Waals surface area contributed by atoms with Gasteiger partial charge in [0.2, 0.25) is 0 Å². The van der Waals surface area contributed by atoms with Crippen molar-refractivity contribution in [2.45, 2.75) is 6.42 Å². The summed E-state index contributed by atoms with van der Waals surface area (Å²) in [5.74, 6) is 1.23. The van der Waals surface area contributed by atoms with Crippen LogP contribution in [0, 0.1) is 0 Å². The fourth-order valence-electron chi connectivity index (χ4n) is 2.13. The third kappa shape index (κ3) is 13.0. The largest absolute Gasteiger partial charge is 0.508 e. The van der Waals surface area contributed by atoms with E-state index in [4.69, 9.17) is 25.5 Å². The highest BCUT2D eigenvalue weighted by Crippen LogP contribution is 2.15. The van der Waals surface area contributed by atoms with Crippen LogP contribution in [0.5, 0.6) is 23.0 Å². The number of aliphatic hydroxyl groups is 1. The summed E-state index contributed by atoms with van der Waals surface area (Å²) in [6.07, 6.45) is 0.521. The number of para-hydroxylation sites is 4. The van der Waals surface area contributed by atoms with Crippen LogP contribution in [0.15, 0.2) is 115 Å². The van der Waals surface area contributed by atoms with Gasteiger partial charge in [-0.1, -0.05) is 72.8 Å². The lowest BCUT2D eigenvalue weighted by Crippen LogP contribution is -1.89. The maximum absolute atomic E-state index is 9.13. The highest BCUT2D eigenvalue weighted by molar-refractivity contribution is 5.31. The zero-order valence-corrected chi connectivity index (χ0v) is 17.1. The lowest BCUT2D eigenvalue weighted by atomic mass is 10.1. The quantitative estimate of drug-likeness (QED) is 0.310. The number of phenols is 4. The van der Waals surface area contributed by atoms with Gasteiger partial charge in [-0.15, -0.1) is 0 Å². The van der Waals surface area contributed by atoms with Gasteiger partial charge in [-0.2, -0.15) is 0 Å². The first-order valence-electron chi connectivity index (χ1n) is 9.62. The monoisotopic (exact) mass is 420 g/mol. The third-order valence-corrected chi connectivity index (χ3v) is 3.64. The zero-order chi connectivity index (χ0) is 22.7. The molecule has 5 heteroatoms. The van der Waals surface area contributed by atoms with E-state index in [0.29, 0.717) is 23.7 Å². The average molecular weight is 421 g/mol. The maximum Gasteiger partial charge on any atom is 0.118 e. The van der Waals surface area contributed by atoms with E-state index in [1.54, 1.807) is 91.0 Å². The van der Waals surface area contributed by atoms with E-state index in [2.05, 4.69) is 0 Å². The van der Waals surface area contributed by atoms with Crippen LogP contribution in [0.2, 0.25) is 0 Å². The molecular weight excluding hydrogens is 392 g/mol. The molecule has 0 aliphatic rings. The van der Waals surface area contributed by atoms with Crippen LogP contribution in [0.1, 0.15) is 5.56 Å². The van der Waals surface area contributed by atoms with Gasteiger partial charge in [-0.25, -0.2) is 0 Å². The van der Waals surface area contributed by atoms with E-state index in [-0.39, 0.29) is 12.4 Å². The number of phenolic OH excluding ortho intramolecular Hbond substituents is 4. The molecule has 0 saturated heterocycles. The first-order valence-corrected chi connectivity index (χ1v) is 9.62. The van der Waals surface area contributed by atoms with Crippen LogP contribution in [-0.2, 0) is 6.42 Å². The number of rotatable bonds is 2. The molecule has 5 N–H and O–H groups in total. The molecule has 0 spiro atoms. The fourth-order valence-corrected chi connectivity index (χ4v) is 2.13. The Morgan fingerprint density at radius 1 is 0.419 bits per heavy atom. The molecule has 0 aliphatic heterocycles. The Labute approximate surface area is 182 Å². The summed E-state index contributed by atoms with van der Waals surface area (Å²) in [7, 11) is 0. The molecule has 31 heavy (non-hydrogen) atoms. The predicted molar refractivity (Wildman–Crippen MR) is 123 cm³/mol. The Morgan fingerprint density at radius 3 is 1.00 bits per heavy atom. The fraction of sp³-hybridized carbons (Fsp3) is 0.0769. The molecule has 0 aliphatic carbocycles. The number of benzene rings is 4. The van der Waals surface area contributed by atoms with Gasteiger partial charge in [0, 0.05) is 6.61 Å². The molecule has 5 nitrogen and oxygen atoms in total. The lowest BCUT2D eigenvalue weighted by molar-refractivity contribution is 0.297. The van der Waals surface area contributed by atoms with Crippen LogP contribution in [0.4, 0.5) is 0 Å². The zero-order valence-electron chi connectivity index (χ0n) is 17.1. The van der Waals surface area contributed by atoms with Gasteiger partial charge in [0.25, 0.3) is 0 Å². The van der Waals surface area contributed by atoms with Crippen molar-refractivity contribution in [2.75, 3.05) is 6.61 Å². The topological polar surface area (TPSA) is 101 Å². The predicted octanol–water partition coefficient (Wildman–Crippen LogP) is 5.10. The summed E-state index contributed by atoms with van der Waals surface area (Å²) in [4.78, 5) is 0. The molecule has 0 saturated carbocycles. The first kappa shape index (κ1) is 25.1. The number of hydrogen-bond donors (Lipinski definition) is 5. The van der Waals surface area contributed by atoms with Gasteiger partial charge in [0.05, 0.1) is 0 Å². The second kappa shape index (κ2) is 15.9. The normalized spacial score (nSPS) is 8.94. The summed E-state index contributed by atoms with van der Waals surface area (Å²) in [5.41, 5.74) is 0.796. The number of aromatic hydroxyl groups is 4. The van der Waals surface area contributed by atoms with E-state index in [1.807, 2.05) is 24.3 Å². The second-order valence-electron chi connectivity index (χ2n) is 6.11. The lowest BCUT2D eigenvalue weighted by Gasteiger charge is -1.99. The SMILES string of the molecule is OCCc1ccccc1O.Oc1ccccc1.Oc1ccccc1.Oc1ccccc1. The van der Waals surface area contributed by atoms with Gasteiger partial charge in [0.15, 0.2) is 0 Å². The average Bonchev–Trinajstić information content (AvgIpc) is 2.79. The molecule has 0 atom stereocenters. The van der Waals surface area contributed by atoms with Crippen molar-refractivity contribution >= 4 is 0 Å². The molecule has 4 aromatic rings. The highest BCUT2D eigenvalue weighted by atomic mass is 16.3. The first-order chi connectivity index (χ1) is 15.0. The van der Waals surface area contributed by atoms with Gasteiger partial charge in [-0.05, 0) is 54.4 Å². The van der Waals surface area contributed by atoms with E-state index >= 15 is 0 Å². The summed E-state index contributed by atoms with van der Waals surface area (Å²) in [6, 6.07) is 33.1. The summed E-state index contributed by atoms with van der Waals surface area (Å²) < 4.78 is 0. The van der Waals surface area contributed by atoms with Crippen molar-refractivity contribution in [3.63, 3.8) is 0 Å². The van der Waals surface area contributed by atoms with E-state index in [0.717, 1.165) is 5.56 Å². The molecule has 4 aromatic carbocycles. The molecule has 0 heterocycles. The van der Waals surface area contributed by atoms with Crippen LogP contribution < -0.4 is 0 Å². The number of hydrogen-bond acceptors (Lipinski definition) is 5. The van der Waals surface area contributed by atoms with Gasteiger partial charge < -0.3 is 25.5 Å². The maximum atomic E-state index is 9.13. The molecule has 4 rings (SSSR count). The Balaban J connectivity index is 0.000000209.